The predicted octanol–water partition coefficient (Wildman–Crippen LogP) is 5.58. The number of carbonyl (C=O) groups is 1. The summed E-state index contributed by atoms with van der Waals surface area (Å²) in [6.45, 7) is 4.04. The summed E-state index contributed by atoms with van der Waals surface area (Å²) >= 11 is 12.1. The van der Waals surface area contributed by atoms with Crippen molar-refractivity contribution in [2.45, 2.75) is 26.7 Å². The highest BCUT2D eigenvalue weighted by atomic mass is 35.5. The van der Waals surface area contributed by atoms with E-state index in [2.05, 4.69) is 10.6 Å². The Balaban J connectivity index is 2.25. The summed E-state index contributed by atoms with van der Waals surface area (Å²) in [6, 6.07) is 12.9. The minimum atomic E-state index is -0.478. The minimum Gasteiger partial charge on any atom is -0.359 e. The van der Waals surface area contributed by atoms with Gasteiger partial charge in [0.2, 0.25) is 0 Å². The molecule has 0 heterocycles. The van der Waals surface area contributed by atoms with Crippen LogP contribution >= 0.6 is 23.2 Å². The standard InChI is InChI=1S/C20H19Cl2N3O/c1-3-13-7-5-8-14(4-2)19(13)25-20(26)15(11-23)12-24-17-10-6-9-16(21)18(17)22/h5-10,12,24H,3-4H2,1-2H3,(H,25,26)/b15-12-. The van der Waals surface area contributed by atoms with Gasteiger partial charge in [-0.1, -0.05) is 61.3 Å². The van der Waals surface area contributed by atoms with Gasteiger partial charge in [0.25, 0.3) is 5.91 Å². The van der Waals surface area contributed by atoms with Gasteiger partial charge in [0, 0.05) is 11.9 Å². The van der Waals surface area contributed by atoms with Crippen molar-refractivity contribution >= 4 is 40.5 Å². The predicted molar refractivity (Wildman–Crippen MR) is 108 cm³/mol. The molecule has 2 rings (SSSR count). The summed E-state index contributed by atoms with van der Waals surface area (Å²) < 4.78 is 0. The number of hydrogen-bond donors (Lipinski definition) is 2. The molecule has 6 heteroatoms. The van der Waals surface area contributed by atoms with Crippen LogP contribution in [0.5, 0.6) is 0 Å². The third kappa shape index (κ3) is 4.57. The van der Waals surface area contributed by atoms with E-state index < -0.39 is 5.91 Å². The highest BCUT2D eigenvalue weighted by Gasteiger charge is 2.14. The van der Waals surface area contributed by atoms with Crippen molar-refractivity contribution in [2.75, 3.05) is 10.6 Å². The second-order valence-electron chi connectivity index (χ2n) is 5.53. The van der Waals surface area contributed by atoms with Crippen LogP contribution in [0.4, 0.5) is 11.4 Å². The van der Waals surface area contributed by atoms with Crippen molar-refractivity contribution in [3.8, 4) is 6.07 Å². The van der Waals surface area contributed by atoms with Gasteiger partial charge in [-0.3, -0.25) is 4.79 Å². The second kappa shape index (κ2) is 9.28. The Hall–Kier alpha value is -2.48. The highest BCUT2D eigenvalue weighted by Crippen LogP contribution is 2.29. The smallest absolute Gasteiger partial charge is 0.267 e. The lowest BCUT2D eigenvalue weighted by Crippen LogP contribution is -2.17. The summed E-state index contributed by atoms with van der Waals surface area (Å²) in [5.74, 6) is -0.478. The van der Waals surface area contributed by atoms with Crippen LogP contribution < -0.4 is 10.6 Å². The molecule has 0 radical (unpaired) electrons. The number of nitriles is 1. The van der Waals surface area contributed by atoms with Gasteiger partial charge in [0.15, 0.2) is 0 Å². The summed E-state index contributed by atoms with van der Waals surface area (Å²) in [5.41, 5.74) is 3.28. The first-order valence-corrected chi connectivity index (χ1v) is 9.00. The third-order valence-corrected chi connectivity index (χ3v) is 4.74. The molecule has 0 bridgehead atoms. The monoisotopic (exact) mass is 387 g/mol. The lowest BCUT2D eigenvalue weighted by atomic mass is 10.0. The van der Waals surface area contributed by atoms with Crippen molar-refractivity contribution in [3.63, 3.8) is 0 Å². The number of nitrogens with zero attached hydrogens (tertiary/aromatic N) is 1. The summed E-state index contributed by atoms with van der Waals surface area (Å²) in [4.78, 5) is 12.6. The first-order valence-electron chi connectivity index (χ1n) is 8.24. The zero-order chi connectivity index (χ0) is 19.1. The maximum absolute atomic E-state index is 12.6. The van der Waals surface area contributed by atoms with Crippen molar-refractivity contribution < 1.29 is 4.79 Å². The quantitative estimate of drug-likeness (QED) is 0.502. The van der Waals surface area contributed by atoms with Gasteiger partial charge >= 0.3 is 0 Å². The molecule has 2 aromatic carbocycles. The average molecular weight is 388 g/mol. The fourth-order valence-electron chi connectivity index (χ4n) is 2.50. The van der Waals surface area contributed by atoms with Crippen LogP contribution in [-0.2, 0) is 17.6 Å². The van der Waals surface area contributed by atoms with E-state index in [1.165, 1.54) is 6.20 Å². The summed E-state index contributed by atoms with van der Waals surface area (Å²) in [6.07, 6.45) is 2.89. The molecule has 134 valence electrons. The Morgan fingerprint density at radius 2 is 1.73 bits per heavy atom. The molecule has 0 spiro atoms. The molecule has 0 atom stereocenters. The van der Waals surface area contributed by atoms with Crippen LogP contribution in [-0.4, -0.2) is 5.91 Å². The number of nitrogens with one attached hydrogen (secondary N) is 2. The minimum absolute atomic E-state index is 0.0611. The van der Waals surface area contributed by atoms with E-state index in [4.69, 9.17) is 23.2 Å². The Morgan fingerprint density at radius 1 is 1.12 bits per heavy atom. The van der Waals surface area contributed by atoms with Gasteiger partial charge in [-0.2, -0.15) is 5.26 Å². The molecule has 0 aliphatic carbocycles. The first kappa shape index (κ1) is 19.8. The van der Waals surface area contributed by atoms with Crippen molar-refractivity contribution in [2.24, 2.45) is 0 Å². The fraction of sp³-hybridized carbons (Fsp3) is 0.200. The number of amides is 1. The molecular weight excluding hydrogens is 369 g/mol. The van der Waals surface area contributed by atoms with Gasteiger partial charge < -0.3 is 10.6 Å². The number of halogens is 2. The molecule has 0 saturated carbocycles. The molecule has 2 N–H and O–H groups in total. The topological polar surface area (TPSA) is 64.9 Å². The van der Waals surface area contributed by atoms with Crippen molar-refractivity contribution in [1.29, 1.82) is 5.26 Å². The molecule has 26 heavy (non-hydrogen) atoms. The van der Waals surface area contributed by atoms with Crippen molar-refractivity contribution in [3.05, 3.63) is 69.3 Å². The number of aryl methyl sites for hydroxylation is 2. The second-order valence-corrected chi connectivity index (χ2v) is 6.31. The maximum atomic E-state index is 12.6. The first-order chi connectivity index (χ1) is 12.5. The number of benzene rings is 2. The molecule has 1 amide bonds. The third-order valence-electron chi connectivity index (χ3n) is 3.93. The van der Waals surface area contributed by atoms with Gasteiger partial charge in [0.1, 0.15) is 11.6 Å². The normalized spacial score (nSPS) is 11.0. The number of anilines is 2. The van der Waals surface area contributed by atoms with Crippen LogP contribution in [0, 0.1) is 11.3 Å². The zero-order valence-electron chi connectivity index (χ0n) is 14.6. The molecule has 0 aliphatic rings. The molecule has 0 aromatic heterocycles. The largest absolute Gasteiger partial charge is 0.359 e. The van der Waals surface area contributed by atoms with Crippen LogP contribution in [0.25, 0.3) is 0 Å². The summed E-state index contributed by atoms with van der Waals surface area (Å²) in [7, 11) is 0. The van der Waals surface area contributed by atoms with Crippen LogP contribution in [0.3, 0.4) is 0 Å². The highest BCUT2D eigenvalue weighted by molar-refractivity contribution is 6.43. The maximum Gasteiger partial charge on any atom is 0.267 e. The lowest BCUT2D eigenvalue weighted by molar-refractivity contribution is -0.112. The Kier molecular flexibility index (Phi) is 7.08. The molecule has 0 fully saturated rings. The number of carbonyl (C=O) groups excluding carboxylic acids is 1. The molecule has 0 aliphatic heterocycles. The lowest BCUT2D eigenvalue weighted by Gasteiger charge is -2.14. The van der Waals surface area contributed by atoms with E-state index in [1.54, 1.807) is 18.2 Å². The molecule has 0 unspecified atom stereocenters. The van der Waals surface area contributed by atoms with Crippen LogP contribution in [0.1, 0.15) is 25.0 Å². The fourth-order valence-corrected chi connectivity index (χ4v) is 2.85. The molecular formula is C20H19Cl2N3O. The van der Waals surface area contributed by atoms with E-state index in [-0.39, 0.29) is 5.57 Å². The van der Waals surface area contributed by atoms with E-state index in [1.807, 2.05) is 38.1 Å². The SMILES string of the molecule is CCc1cccc(CC)c1NC(=O)/C(C#N)=C\Nc1cccc(Cl)c1Cl. The summed E-state index contributed by atoms with van der Waals surface area (Å²) in [5, 5.41) is 15.8. The van der Waals surface area contributed by atoms with Crippen LogP contribution in [0.2, 0.25) is 10.0 Å². The van der Waals surface area contributed by atoms with Crippen molar-refractivity contribution in [1.82, 2.24) is 0 Å². The van der Waals surface area contributed by atoms with E-state index in [9.17, 15) is 10.1 Å². The Bertz CT molecular complexity index is 863. The van der Waals surface area contributed by atoms with Crippen LogP contribution in [0.15, 0.2) is 48.2 Å². The Labute approximate surface area is 163 Å². The average Bonchev–Trinajstić information content (AvgIpc) is 2.65. The van der Waals surface area contributed by atoms with E-state index in [0.29, 0.717) is 15.7 Å². The van der Waals surface area contributed by atoms with E-state index in [0.717, 1.165) is 29.7 Å². The number of para-hydroxylation sites is 1. The van der Waals surface area contributed by atoms with Gasteiger partial charge in [0.05, 0.1) is 15.7 Å². The number of rotatable bonds is 6. The molecule has 0 saturated heterocycles. The molecule has 2 aromatic rings. The van der Waals surface area contributed by atoms with E-state index >= 15 is 0 Å². The number of hydrogen-bond acceptors (Lipinski definition) is 3. The Morgan fingerprint density at radius 3 is 2.31 bits per heavy atom. The zero-order valence-corrected chi connectivity index (χ0v) is 16.1. The van der Waals surface area contributed by atoms with Gasteiger partial charge in [-0.15, -0.1) is 0 Å². The van der Waals surface area contributed by atoms with Gasteiger partial charge in [-0.25, -0.2) is 0 Å². The molecule has 4 nitrogen and oxygen atoms in total. The van der Waals surface area contributed by atoms with Gasteiger partial charge in [-0.05, 0) is 36.1 Å².